The number of hydrogen-bond acceptors (Lipinski definition) is 4. The summed E-state index contributed by atoms with van der Waals surface area (Å²) in [5, 5.41) is 0. The molecule has 0 aromatic heterocycles. The van der Waals surface area contributed by atoms with Crippen molar-refractivity contribution >= 4 is 5.91 Å². The lowest BCUT2D eigenvalue weighted by Gasteiger charge is -2.21. The van der Waals surface area contributed by atoms with E-state index in [-0.39, 0.29) is 5.91 Å². The van der Waals surface area contributed by atoms with Crippen molar-refractivity contribution in [3.63, 3.8) is 0 Å². The highest BCUT2D eigenvalue weighted by Gasteiger charge is 2.11. The van der Waals surface area contributed by atoms with Crippen LogP contribution in [0.3, 0.4) is 0 Å². The summed E-state index contributed by atoms with van der Waals surface area (Å²) in [6.07, 6.45) is 2.07. The van der Waals surface area contributed by atoms with Crippen molar-refractivity contribution in [2.45, 2.75) is 26.3 Å². The number of benzene rings is 1. The molecule has 5 nitrogen and oxygen atoms in total. The zero-order valence-electron chi connectivity index (χ0n) is 15.9. The van der Waals surface area contributed by atoms with Crippen LogP contribution in [0.1, 0.15) is 25.3 Å². The van der Waals surface area contributed by atoms with Crippen LogP contribution in [0, 0.1) is 0 Å². The smallest absolute Gasteiger partial charge is 0.236 e. The van der Waals surface area contributed by atoms with Crippen LogP contribution in [0.15, 0.2) is 24.3 Å². The van der Waals surface area contributed by atoms with Gasteiger partial charge in [-0.25, -0.2) is 0 Å². The van der Waals surface area contributed by atoms with Crippen molar-refractivity contribution in [3.8, 4) is 5.75 Å². The van der Waals surface area contributed by atoms with Gasteiger partial charge in [-0.3, -0.25) is 9.69 Å². The zero-order valence-corrected chi connectivity index (χ0v) is 15.9. The molecule has 0 aliphatic rings. The standard InChI is InChI=1S/C19H33N3O2/c1-6-12-21(4)16-19(23)22(5)15-17-8-10-18(11-9-17)24-14-7-13-20(2)3/h8-11H,6-7,12-16H2,1-5H3. The van der Waals surface area contributed by atoms with Crippen LogP contribution in [-0.4, -0.2) is 75.0 Å². The fourth-order valence-electron chi connectivity index (χ4n) is 2.44. The maximum Gasteiger partial charge on any atom is 0.236 e. The first-order valence-corrected chi connectivity index (χ1v) is 8.71. The van der Waals surface area contributed by atoms with Gasteiger partial charge in [0, 0.05) is 20.1 Å². The molecule has 0 fully saturated rings. The molecular weight excluding hydrogens is 302 g/mol. The van der Waals surface area contributed by atoms with Gasteiger partial charge >= 0.3 is 0 Å². The highest BCUT2D eigenvalue weighted by Crippen LogP contribution is 2.14. The second-order valence-electron chi connectivity index (χ2n) is 6.64. The molecule has 0 radical (unpaired) electrons. The second-order valence-corrected chi connectivity index (χ2v) is 6.64. The van der Waals surface area contributed by atoms with E-state index in [1.807, 2.05) is 38.4 Å². The summed E-state index contributed by atoms with van der Waals surface area (Å²) in [5.41, 5.74) is 1.12. The number of ether oxygens (including phenoxy) is 1. The second kappa shape index (κ2) is 11.0. The SMILES string of the molecule is CCCN(C)CC(=O)N(C)Cc1ccc(OCCCN(C)C)cc1. The number of hydrogen-bond donors (Lipinski definition) is 0. The van der Waals surface area contributed by atoms with Crippen molar-refractivity contribution in [1.82, 2.24) is 14.7 Å². The molecule has 24 heavy (non-hydrogen) atoms. The first-order chi connectivity index (χ1) is 11.4. The van der Waals surface area contributed by atoms with E-state index >= 15 is 0 Å². The Balaban J connectivity index is 2.38. The molecule has 0 spiro atoms. The third kappa shape index (κ3) is 8.31. The molecule has 5 heteroatoms. The van der Waals surface area contributed by atoms with Crippen molar-refractivity contribution in [1.29, 1.82) is 0 Å². The normalized spacial score (nSPS) is 11.1. The monoisotopic (exact) mass is 335 g/mol. The lowest BCUT2D eigenvalue weighted by molar-refractivity contribution is -0.131. The van der Waals surface area contributed by atoms with Gasteiger partial charge in [-0.2, -0.15) is 0 Å². The summed E-state index contributed by atoms with van der Waals surface area (Å²) in [6.45, 7) is 5.91. The van der Waals surface area contributed by atoms with E-state index in [0.717, 1.165) is 43.9 Å². The van der Waals surface area contributed by atoms with Gasteiger partial charge in [-0.15, -0.1) is 0 Å². The highest BCUT2D eigenvalue weighted by atomic mass is 16.5. The molecule has 1 rings (SSSR count). The summed E-state index contributed by atoms with van der Waals surface area (Å²) in [6, 6.07) is 8.01. The maximum atomic E-state index is 12.2. The van der Waals surface area contributed by atoms with E-state index in [0.29, 0.717) is 13.1 Å². The van der Waals surface area contributed by atoms with Gasteiger partial charge in [0.15, 0.2) is 0 Å². The molecular formula is C19H33N3O2. The van der Waals surface area contributed by atoms with Crippen LogP contribution < -0.4 is 4.74 Å². The number of likely N-dealkylation sites (N-methyl/N-ethyl adjacent to an activating group) is 2. The summed E-state index contributed by atoms with van der Waals surface area (Å²) in [7, 11) is 7.96. The van der Waals surface area contributed by atoms with Gasteiger partial charge in [0.1, 0.15) is 5.75 Å². The molecule has 0 saturated heterocycles. The molecule has 0 aliphatic carbocycles. The number of amides is 1. The average Bonchev–Trinajstić information content (AvgIpc) is 2.53. The molecule has 0 atom stereocenters. The lowest BCUT2D eigenvalue weighted by atomic mass is 10.2. The van der Waals surface area contributed by atoms with Gasteiger partial charge in [0.05, 0.1) is 13.2 Å². The molecule has 0 heterocycles. The number of carbonyl (C=O) groups is 1. The van der Waals surface area contributed by atoms with Crippen LogP contribution in [0.25, 0.3) is 0 Å². The molecule has 1 aromatic rings. The van der Waals surface area contributed by atoms with Crippen LogP contribution in [0.2, 0.25) is 0 Å². The van der Waals surface area contributed by atoms with Gasteiger partial charge in [-0.05, 0) is 58.2 Å². The Morgan fingerprint density at radius 2 is 1.71 bits per heavy atom. The Hall–Kier alpha value is -1.59. The Morgan fingerprint density at radius 1 is 1.04 bits per heavy atom. The lowest BCUT2D eigenvalue weighted by Crippen LogP contribution is -2.36. The van der Waals surface area contributed by atoms with Crippen molar-refractivity contribution < 1.29 is 9.53 Å². The maximum absolute atomic E-state index is 12.2. The molecule has 0 bridgehead atoms. The Bertz CT molecular complexity index is 474. The van der Waals surface area contributed by atoms with Crippen LogP contribution in [-0.2, 0) is 11.3 Å². The predicted octanol–water partition coefficient (Wildman–Crippen LogP) is 2.32. The third-order valence-corrected chi connectivity index (χ3v) is 3.80. The van der Waals surface area contributed by atoms with Crippen molar-refractivity contribution in [2.75, 3.05) is 54.4 Å². The molecule has 136 valence electrons. The number of nitrogens with zero attached hydrogens (tertiary/aromatic N) is 3. The molecule has 0 N–H and O–H groups in total. The summed E-state index contributed by atoms with van der Waals surface area (Å²) in [4.78, 5) is 18.2. The highest BCUT2D eigenvalue weighted by molar-refractivity contribution is 5.77. The first-order valence-electron chi connectivity index (χ1n) is 8.71. The van der Waals surface area contributed by atoms with Gasteiger partial charge < -0.3 is 14.5 Å². The summed E-state index contributed by atoms with van der Waals surface area (Å²) < 4.78 is 5.73. The Kier molecular flexibility index (Phi) is 9.42. The molecule has 0 aliphatic heterocycles. The van der Waals surface area contributed by atoms with Crippen LogP contribution in [0.4, 0.5) is 0 Å². The van der Waals surface area contributed by atoms with Gasteiger partial charge in [0.2, 0.25) is 5.91 Å². The molecule has 1 amide bonds. The first kappa shape index (κ1) is 20.5. The van der Waals surface area contributed by atoms with Crippen molar-refractivity contribution in [3.05, 3.63) is 29.8 Å². The minimum Gasteiger partial charge on any atom is -0.494 e. The minimum absolute atomic E-state index is 0.148. The Morgan fingerprint density at radius 3 is 2.29 bits per heavy atom. The Labute approximate surface area is 147 Å². The third-order valence-electron chi connectivity index (χ3n) is 3.80. The largest absolute Gasteiger partial charge is 0.494 e. The summed E-state index contributed by atoms with van der Waals surface area (Å²) >= 11 is 0. The quantitative estimate of drug-likeness (QED) is 0.582. The van der Waals surface area contributed by atoms with E-state index in [9.17, 15) is 4.79 Å². The zero-order chi connectivity index (χ0) is 17.9. The average molecular weight is 335 g/mol. The van der Waals surface area contributed by atoms with E-state index in [1.165, 1.54) is 0 Å². The molecule has 0 saturated carbocycles. The number of carbonyl (C=O) groups excluding carboxylic acids is 1. The fourth-order valence-corrected chi connectivity index (χ4v) is 2.44. The molecule has 1 aromatic carbocycles. The van der Waals surface area contributed by atoms with Gasteiger partial charge in [0.25, 0.3) is 0 Å². The predicted molar refractivity (Wildman–Crippen MR) is 99.4 cm³/mol. The molecule has 0 unspecified atom stereocenters. The topological polar surface area (TPSA) is 36.0 Å². The van der Waals surface area contributed by atoms with Crippen LogP contribution >= 0.6 is 0 Å². The minimum atomic E-state index is 0.148. The van der Waals surface area contributed by atoms with E-state index in [2.05, 4.69) is 30.8 Å². The van der Waals surface area contributed by atoms with Gasteiger partial charge in [-0.1, -0.05) is 19.1 Å². The van der Waals surface area contributed by atoms with Crippen LogP contribution in [0.5, 0.6) is 5.75 Å². The van der Waals surface area contributed by atoms with Crippen molar-refractivity contribution in [2.24, 2.45) is 0 Å². The van der Waals surface area contributed by atoms with E-state index in [1.54, 1.807) is 4.90 Å². The van der Waals surface area contributed by atoms with E-state index in [4.69, 9.17) is 4.74 Å². The number of rotatable bonds is 11. The summed E-state index contributed by atoms with van der Waals surface area (Å²) in [5.74, 6) is 1.03. The fraction of sp³-hybridized carbons (Fsp3) is 0.632. The van der Waals surface area contributed by atoms with E-state index < -0.39 is 0 Å².